The lowest BCUT2D eigenvalue weighted by Crippen LogP contribution is -2.35. The van der Waals surface area contributed by atoms with Gasteiger partial charge in [-0.15, -0.1) is 0 Å². The highest BCUT2D eigenvalue weighted by Crippen LogP contribution is 2.34. The molecule has 1 fully saturated rings. The molecule has 1 atom stereocenters. The first-order valence-corrected chi connectivity index (χ1v) is 8.05. The first kappa shape index (κ1) is 15.1. The molecule has 1 saturated carbocycles. The van der Waals surface area contributed by atoms with E-state index in [0.717, 1.165) is 18.5 Å². The maximum atomic E-state index is 12.7. The van der Waals surface area contributed by atoms with Gasteiger partial charge in [0.05, 0.1) is 30.6 Å². The molecule has 1 unspecified atom stereocenters. The van der Waals surface area contributed by atoms with Gasteiger partial charge in [0.15, 0.2) is 0 Å². The monoisotopic (exact) mass is 333 g/mol. The summed E-state index contributed by atoms with van der Waals surface area (Å²) < 4.78 is 1.58. The molecule has 24 heavy (non-hydrogen) atoms. The van der Waals surface area contributed by atoms with Gasteiger partial charge in [0.2, 0.25) is 0 Å². The third kappa shape index (κ3) is 2.35. The highest BCUT2D eigenvalue weighted by Gasteiger charge is 2.38. The maximum Gasteiger partial charge on any atom is 0.407 e. The maximum absolute atomic E-state index is 12.7. The molecule has 0 radical (unpaired) electrons. The topological polar surface area (TPSA) is 111 Å². The van der Waals surface area contributed by atoms with Gasteiger partial charge in [-0.05, 0) is 18.8 Å². The molecule has 9 nitrogen and oxygen atoms in total. The zero-order valence-corrected chi connectivity index (χ0v) is 13.3. The minimum absolute atomic E-state index is 0.153. The Morgan fingerprint density at radius 2 is 2.08 bits per heavy atom. The minimum atomic E-state index is -1.00. The van der Waals surface area contributed by atoms with Crippen molar-refractivity contribution in [2.45, 2.75) is 38.5 Å². The molecule has 3 heterocycles. The number of hydrogen-bond acceptors (Lipinski definition) is 5. The van der Waals surface area contributed by atoms with E-state index >= 15 is 0 Å². The number of amides is 2. The molecule has 2 aliphatic heterocycles. The number of hydrazone groups is 1. The molecule has 2 amide bonds. The number of fused-ring (bicyclic) bond motifs is 3. The third-order valence-electron chi connectivity index (χ3n) is 4.87. The number of aromatic nitrogens is 2. The van der Waals surface area contributed by atoms with Crippen molar-refractivity contribution in [3.63, 3.8) is 0 Å². The van der Waals surface area contributed by atoms with E-state index in [1.54, 1.807) is 11.7 Å². The number of aliphatic hydroxyl groups excluding tert-OH is 1. The largest absolute Gasteiger partial charge is 0.465 e. The van der Waals surface area contributed by atoms with Gasteiger partial charge in [0, 0.05) is 25.6 Å². The fraction of sp³-hybridized carbons (Fsp3) is 0.600. The zero-order chi connectivity index (χ0) is 17.0. The summed E-state index contributed by atoms with van der Waals surface area (Å²) in [5.74, 6) is -0.115. The lowest BCUT2D eigenvalue weighted by Gasteiger charge is -2.24. The molecule has 128 valence electrons. The van der Waals surface area contributed by atoms with Crippen LogP contribution >= 0.6 is 0 Å². The summed E-state index contributed by atoms with van der Waals surface area (Å²) in [5, 5.41) is 29.6. The molecular formula is C15H19N5O4. The van der Waals surface area contributed by atoms with Crippen molar-refractivity contribution in [2.75, 3.05) is 13.6 Å². The van der Waals surface area contributed by atoms with Gasteiger partial charge < -0.3 is 15.1 Å². The molecule has 2 N–H and O–H groups in total. The van der Waals surface area contributed by atoms with Crippen molar-refractivity contribution >= 4 is 17.7 Å². The SMILES string of the molecule is CN1N=C(C(O)C2CC2)Cn2nc3c(c2C1=O)CN(C(=O)O)CC3. The van der Waals surface area contributed by atoms with Crippen LogP contribution in [0.5, 0.6) is 0 Å². The Labute approximate surface area is 138 Å². The van der Waals surface area contributed by atoms with Crippen molar-refractivity contribution < 1.29 is 19.8 Å². The van der Waals surface area contributed by atoms with Crippen molar-refractivity contribution in [1.82, 2.24) is 19.7 Å². The van der Waals surface area contributed by atoms with Crippen molar-refractivity contribution in [2.24, 2.45) is 11.0 Å². The number of nitrogens with zero attached hydrogens (tertiary/aromatic N) is 5. The molecule has 1 aliphatic carbocycles. The molecule has 9 heteroatoms. The second-order valence-corrected chi connectivity index (χ2v) is 6.59. The Kier molecular flexibility index (Phi) is 3.34. The van der Waals surface area contributed by atoms with E-state index in [4.69, 9.17) is 0 Å². The van der Waals surface area contributed by atoms with Crippen LogP contribution in [0.2, 0.25) is 0 Å². The molecule has 1 aromatic rings. The second kappa shape index (κ2) is 5.30. The molecule has 1 aromatic heterocycles. The molecule has 0 saturated heterocycles. The number of carboxylic acid groups (broad SMARTS) is 1. The Balaban J connectivity index is 1.72. The summed E-state index contributed by atoms with van der Waals surface area (Å²) in [7, 11) is 1.55. The van der Waals surface area contributed by atoms with E-state index in [-0.39, 0.29) is 24.9 Å². The average Bonchev–Trinajstić information content (AvgIpc) is 3.34. The van der Waals surface area contributed by atoms with E-state index in [1.807, 2.05) is 0 Å². The van der Waals surface area contributed by atoms with Crippen molar-refractivity contribution in [3.05, 3.63) is 17.0 Å². The van der Waals surface area contributed by atoms with Crippen LogP contribution in [0.15, 0.2) is 5.10 Å². The summed E-state index contributed by atoms with van der Waals surface area (Å²) in [6.07, 6.45) is 0.747. The van der Waals surface area contributed by atoms with Gasteiger partial charge in [-0.25, -0.2) is 9.80 Å². The summed E-state index contributed by atoms with van der Waals surface area (Å²) in [6, 6.07) is 0. The highest BCUT2D eigenvalue weighted by atomic mass is 16.4. The average molecular weight is 333 g/mol. The molecule has 0 spiro atoms. The highest BCUT2D eigenvalue weighted by molar-refractivity contribution is 5.98. The fourth-order valence-electron chi connectivity index (χ4n) is 3.36. The van der Waals surface area contributed by atoms with Crippen LogP contribution in [0.4, 0.5) is 4.79 Å². The van der Waals surface area contributed by atoms with Crippen molar-refractivity contribution in [1.29, 1.82) is 0 Å². The van der Waals surface area contributed by atoms with Gasteiger partial charge in [-0.3, -0.25) is 9.48 Å². The Hall–Kier alpha value is -2.42. The van der Waals surface area contributed by atoms with Crippen LogP contribution in [0.25, 0.3) is 0 Å². The molecular weight excluding hydrogens is 314 g/mol. The smallest absolute Gasteiger partial charge is 0.407 e. The van der Waals surface area contributed by atoms with Gasteiger partial charge in [0.25, 0.3) is 5.91 Å². The van der Waals surface area contributed by atoms with Crippen LogP contribution < -0.4 is 0 Å². The molecule has 4 rings (SSSR count). The number of hydrogen-bond donors (Lipinski definition) is 2. The van der Waals surface area contributed by atoms with Crippen LogP contribution in [-0.4, -0.2) is 67.3 Å². The minimum Gasteiger partial charge on any atom is -0.465 e. The van der Waals surface area contributed by atoms with E-state index in [1.165, 1.54) is 9.91 Å². The summed E-state index contributed by atoms with van der Waals surface area (Å²) >= 11 is 0. The standard InChI is InChI=1S/C15H19N5O4/c1-18-14(22)12-9-6-19(15(23)24)5-4-10(9)17-20(12)7-11(16-18)13(21)8-2-3-8/h8,13,21H,2-7H2,1H3,(H,23,24). The number of carbonyl (C=O) groups is 2. The van der Waals surface area contributed by atoms with Crippen LogP contribution in [0, 0.1) is 5.92 Å². The van der Waals surface area contributed by atoms with E-state index in [0.29, 0.717) is 29.9 Å². The molecule has 0 bridgehead atoms. The Bertz CT molecular complexity index is 751. The predicted octanol–water partition coefficient (Wildman–Crippen LogP) is 0.132. The molecule has 3 aliphatic rings. The predicted molar refractivity (Wildman–Crippen MR) is 82.6 cm³/mol. The summed E-state index contributed by atoms with van der Waals surface area (Å²) in [6.45, 7) is 0.776. The first-order chi connectivity index (χ1) is 11.5. The lowest BCUT2D eigenvalue weighted by atomic mass is 10.1. The van der Waals surface area contributed by atoms with E-state index in [2.05, 4.69) is 10.2 Å². The number of carbonyl (C=O) groups excluding carboxylic acids is 1. The third-order valence-corrected chi connectivity index (χ3v) is 4.87. The Morgan fingerprint density at radius 1 is 1.33 bits per heavy atom. The number of aliphatic hydroxyl groups is 1. The quantitative estimate of drug-likeness (QED) is 0.799. The molecule has 0 aromatic carbocycles. The first-order valence-electron chi connectivity index (χ1n) is 8.05. The van der Waals surface area contributed by atoms with Crippen LogP contribution in [0.3, 0.4) is 0 Å². The Morgan fingerprint density at radius 3 is 2.75 bits per heavy atom. The van der Waals surface area contributed by atoms with Gasteiger partial charge in [-0.1, -0.05) is 0 Å². The fourth-order valence-corrected chi connectivity index (χ4v) is 3.36. The zero-order valence-electron chi connectivity index (χ0n) is 13.3. The van der Waals surface area contributed by atoms with Gasteiger partial charge in [0.1, 0.15) is 5.69 Å². The summed E-state index contributed by atoms with van der Waals surface area (Å²) in [5.41, 5.74) is 2.31. The van der Waals surface area contributed by atoms with E-state index in [9.17, 15) is 19.8 Å². The van der Waals surface area contributed by atoms with Crippen LogP contribution in [0.1, 0.15) is 34.6 Å². The second-order valence-electron chi connectivity index (χ2n) is 6.59. The normalized spacial score (nSPS) is 21.8. The van der Waals surface area contributed by atoms with E-state index < -0.39 is 12.2 Å². The van der Waals surface area contributed by atoms with Crippen LogP contribution in [-0.2, 0) is 19.5 Å². The summed E-state index contributed by atoms with van der Waals surface area (Å²) in [4.78, 5) is 25.2. The number of rotatable bonds is 2. The van der Waals surface area contributed by atoms with Gasteiger partial charge >= 0.3 is 6.09 Å². The lowest BCUT2D eigenvalue weighted by molar-refractivity contribution is 0.0787. The van der Waals surface area contributed by atoms with Gasteiger partial charge in [-0.2, -0.15) is 10.2 Å². The van der Waals surface area contributed by atoms with Crippen molar-refractivity contribution in [3.8, 4) is 0 Å².